The SMILES string of the molecule is Cc1c(-c2cc(N3CCN(c4ccc(OCC(F)(F)F)cn4)CC3)ccc2Cl)nc2ccccn12. The van der Waals surface area contributed by atoms with Crippen molar-refractivity contribution in [2.75, 3.05) is 42.6 Å². The normalized spacial score (nSPS) is 14.5. The Kier molecular flexibility index (Phi) is 6.19. The zero-order chi connectivity index (χ0) is 24.6. The van der Waals surface area contributed by atoms with Gasteiger partial charge in [0, 0.05) is 49.3 Å². The summed E-state index contributed by atoms with van der Waals surface area (Å²) in [4.78, 5) is 13.5. The monoisotopic (exact) mass is 501 g/mol. The number of pyridine rings is 2. The first kappa shape index (κ1) is 23.3. The van der Waals surface area contributed by atoms with Gasteiger partial charge in [-0.1, -0.05) is 17.7 Å². The van der Waals surface area contributed by atoms with Gasteiger partial charge in [-0.25, -0.2) is 9.97 Å². The summed E-state index contributed by atoms with van der Waals surface area (Å²) in [7, 11) is 0. The Morgan fingerprint density at radius 3 is 2.46 bits per heavy atom. The predicted molar refractivity (Wildman–Crippen MR) is 131 cm³/mol. The Hall–Kier alpha value is -3.46. The van der Waals surface area contributed by atoms with Gasteiger partial charge < -0.3 is 18.9 Å². The van der Waals surface area contributed by atoms with Crippen LogP contribution in [0, 0.1) is 6.92 Å². The Labute approximate surface area is 205 Å². The van der Waals surface area contributed by atoms with Gasteiger partial charge in [-0.15, -0.1) is 0 Å². The Bertz CT molecular complexity index is 1330. The van der Waals surface area contributed by atoms with Gasteiger partial charge >= 0.3 is 6.18 Å². The molecule has 4 aromatic rings. The van der Waals surface area contributed by atoms with E-state index in [1.165, 1.54) is 12.3 Å². The zero-order valence-electron chi connectivity index (χ0n) is 19.0. The van der Waals surface area contributed by atoms with Crippen molar-refractivity contribution in [3.63, 3.8) is 0 Å². The van der Waals surface area contributed by atoms with E-state index in [-0.39, 0.29) is 5.75 Å². The van der Waals surface area contributed by atoms with Crippen LogP contribution in [-0.4, -0.2) is 53.3 Å². The number of ether oxygens (including phenoxy) is 1. The van der Waals surface area contributed by atoms with Crippen molar-refractivity contribution in [1.29, 1.82) is 0 Å². The van der Waals surface area contributed by atoms with Crippen molar-refractivity contribution in [1.82, 2.24) is 14.4 Å². The molecule has 0 radical (unpaired) electrons. The number of halogens is 4. The molecule has 1 fully saturated rings. The average molecular weight is 502 g/mol. The lowest BCUT2D eigenvalue weighted by molar-refractivity contribution is -0.153. The number of hydrogen-bond acceptors (Lipinski definition) is 5. The smallest absolute Gasteiger partial charge is 0.422 e. The second-order valence-corrected chi connectivity index (χ2v) is 8.78. The molecule has 0 N–H and O–H groups in total. The lowest BCUT2D eigenvalue weighted by atomic mass is 10.1. The number of rotatable bonds is 5. The third-order valence-corrected chi connectivity index (χ3v) is 6.40. The molecule has 0 amide bonds. The third kappa shape index (κ3) is 5.00. The number of hydrogen-bond donors (Lipinski definition) is 0. The predicted octanol–water partition coefficient (Wildman–Crippen LogP) is 5.63. The molecule has 0 atom stereocenters. The number of aryl methyl sites for hydroxylation is 1. The second kappa shape index (κ2) is 9.30. The lowest BCUT2D eigenvalue weighted by Crippen LogP contribution is -2.46. The minimum atomic E-state index is -4.37. The highest BCUT2D eigenvalue weighted by Crippen LogP contribution is 2.34. The van der Waals surface area contributed by atoms with Gasteiger partial charge in [0.05, 0.1) is 16.9 Å². The first-order chi connectivity index (χ1) is 16.8. The van der Waals surface area contributed by atoms with Gasteiger partial charge in [0.1, 0.15) is 17.2 Å². The van der Waals surface area contributed by atoms with E-state index in [4.69, 9.17) is 21.3 Å². The van der Waals surface area contributed by atoms with Crippen LogP contribution in [0.25, 0.3) is 16.9 Å². The van der Waals surface area contributed by atoms with Gasteiger partial charge in [-0.05, 0) is 49.4 Å². The van der Waals surface area contributed by atoms with Crippen LogP contribution >= 0.6 is 11.6 Å². The summed E-state index contributed by atoms with van der Waals surface area (Å²) in [5.74, 6) is 0.807. The molecular formula is C25H23ClF3N5O. The second-order valence-electron chi connectivity index (χ2n) is 8.37. The lowest BCUT2D eigenvalue weighted by Gasteiger charge is -2.37. The first-order valence-corrected chi connectivity index (χ1v) is 11.6. The quantitative estimate of drug-likeness (QED) is 0.355. The Balaban J connectivity index is 1.28. The number of fused-ring (bicyclic) bond motifs is 1. The average Bonchev–Trinajstić information content (AvgIpc) is 3.19. The number of nitrogens with zero attached hydrogens (tertiary/aromatic N) is 5. The van der Waals surface area contributed by atoms with Crippen LogP contribution in [0.1, 0.15) is 5.69 Å². The van der Waals surface area contributed by atoms with Crippen molar-refractivity contribution < 1.29 is 17.9 Å². The summed E-state index contributed by atoms with van der Waals surface area (Å²) < 4.78 is 43.8. The summed E-state index contributed by atoms with van der Waals surface area (Å²) in [6.45, 7) is 3.68. The summed E-state index contributed by atoms with van der Waals surface area (Å²) in [6, 6.07) is 15.1. The highest BCUT2D eigenvalue weighted by molar-refractivity contribution is 6.33. The van der Waals surface area contributed by atoms with E-state index < -0.39 is 12.8 Å². The highest BCUT2D eigenvalue weighted by atomic mass is 35.5. The van der Waals surface area contributed by atoms with E-state index in [9.17, 15) is 13.2 Å². The van der Waals surface area contributed by atoms with Gasteiger partial charge in [0.2, 0.25) is 0 Å². The van der Waals surface area contributed by atoms with E-state index in [1.54, 1.807) is 6.07 Å². The molecule has 1 aromatic carbocycles. The number of imidazole rings is 1. The molecule has 5 rings (SSSR count). The van der Waals surface area contributed by atoms with Gasteiger partial charge in [-0.3, -0.25) is 0 Å². The fraction of sp³-hybridized carbons (Fsp3) is 0.280. The van der Waals surface area contributed by atoms with Crippen molar-refractivity contribution in [3.8, 4) is 17.0 Å². The molecule has 6 nitrogen and oxygen atoms in total. The number of anilines is 2. The minimum Gasteiger partial charge on any atom is -0.483 e. The van der Waals surface area contributed by atoms with Crippen molar-refractivity contribution in [3.05, 3.63) is 71.6 Å². The van der Waals surface area contributed by atoms with Crippen molar-refractivity contribution in [2.45, 2.75) is 13.1 Å². The van der Waals surface area contributed by atoms with Crippen LogP contribution in [0.3, 0.4) is 0 Å². The van der Waals surface area contributed by atoms with Crippen LogP contribution in [0.5, 0.6) is 5.75 Å². The molecule has 3 aromatic heterocycles. The summed E-state index contributed by atoms with van der Waals surface area (Å²) in [6.07, 6.45) is -1.06. The van der Waals surface area contributed by atoms with Crippen LogP contribution < -0.4 is 14.5 Å². The molecule has 0 bridgehead atoms. The van der Waals surface area contributed by atoms with E-state index in [0.29, 0.717) is 10.8 Å². The van der Waals surface area contributed by atoms with Crippen LogP contribution in [0.4, 0.5) is 24.7 Å². The number of aromatic nitrogens is 3. The summed E-state index contributed by atoms with van der Waals surface area (Å²) >= 11 is 6.58. The molecule has 35 heavy (non-hydrogen) atoms. The van der Waals surface area contributed by atoms with E-state index in [2.05, 4.69) is 20.9 Å². The van der Waals surface area contributed by atoms with Gasteiger partial charge in [0.15, 0.2) is 6.61 Å². The molecule has 0 aliphatic carbocycles. The molecule has 0 saturated carbocycles. The topological polar surface area (TPSA) is 45.9 Å². The Morgan fingerprint density at radius 1 is 1.00 bits per heavy atom. The van der Waals surface area contributed by atoms with Crippen LogP contribution in [0.15, 0.2) is 60.9 Å². The van der Waals surface area contributed by atoms with Crippen LogP contribution in [0.2, 0.25) is 5.02 Å². The molecular weight excluding hydrogens is 479 g/mol. The Morgan fingerprint density at radius 2 is 1.77 bits per heavy atom. The standard InChI is InChI=1S/C25H23ClF3N5O/c1-17-24(31-23-4-2-3-9-34(17)23)20-14-18(5-7-21(20)26)32-10-12-33(13-11-32)22-8-6-19(15-30-22)35-16-25(27,28)29/h2-9,14-15H,10-13,16H2,1H3. The molecule has 4 heterocycles. The maximum absolute atomic E-state index is 12.3. The fourth-order valence-corrected chi connectivity index (χ4v) is 4.48. The fourth-order valence-electron chi connectivity index (χ4n) is 4.27. The number of piperazine rings is 1. The molecule has 1 saturated heterocycles. The van der Waals surface area contributed by atoms with Crippen molar-refractivity contribution in [2.24, 2.45) is 0 Å². The molecule has 1 aliphatic rings. The highest BCUT2D eigenvalue weighted by Gasteiger charge is 2.28. The maximum Gasteiger partial charge on any atom is 0.422 e. The van der Waals surface area contributed by atoms with E-state index in [1.807, 2.05) is 47.9 Å². The van der Waals surface area contributed by atoms with Gasteiger partial charge in [-0.2, -0.15) is 13.2 Å². The minimum absolute atomic E-state index is 0.0978. The molecule has 0 spiro atoms. The van der Waals surface area contributed by atoms with Crippen LogP contribution in [-0.2, 0) is 0 Å². The van der Waals surface area contributed by atoms with Crippen molar-refractivity contribution >= 4 is 28.8 Å². The molecule has 182 valence electrons. The number of benzene rings is 1. The van der Waals surface area contributed by atoms with E-state index >= 15 is 0 Å². The number of alkyl halides is 3. The maximum atomic E-state index is 12.3. The van der Waals surface area contributed by atoms with E-state index in [0.717, 1.165) is 54.5 Å². The zero-order valence-corrected chi connectivity index (χ0v) is 19.7. The summed E-state index contributed by atoms with van der Waals surface area (Å²) in [5, 5.41) is 0.649. The molecule has 10 heteroatoms. The third-order valence-electron chi connectivity index (χ3n) is 6.07. The molecule has 0 unspecified atom stereocenters. The van der Waals surface area contributed by atoms with Gasteiger partial charge in [0.25, 0.3) is 0 Å². The first-order valence-electron chi connectivity index (χ1n) is 11.2. The molecule has 1 aliphatic heterocycles. The summed E-state index contributed by atoms with van der Waals surface area (Å²) in [5.41, 5.74) is 4.71. The largest absolute Gasteiger partial charge is 0.483 e.